The maximum absolute atomic E-state index is 3.79. The molecule has 0 aromatic heterocycles. The van der Waals surface area contributed by atoms with Gasteiger partial charge in [-0.1, -0.05) is 141 Å². The second-order valence-electron chi connectivity index (χ2n) is 9.61. The Hall–Kier alpha value is -0.300. The van der Waals surface area contributed by atoms with Crippen LogP contribution in [-0.4, -0.2) is 13.1 Å². The van der Waals surface area contributed by atoms with Gasteiger partial charge in [0.05, 0.1) is 0 Å². The predicted molar refractivity (Wildman–Crippen MR) is 140 cm³/mol. The number of hydrogen-bond acceptors (Lipinski definition) is 1. The predicted octanol–water partition coefficient (Wildman–Crippen LogP) is 10.1. The van der Waals surface area contributed by atoms with Crippen LogP contribution < -0.4 is 5.32 Å². The molecule has 0 aromatic carbocycles. The van der Waals surface area contributed by atoms with Crippen molar-refractivity contribution in [1.82, 2.24) is 5.32 Å². The van der Waals surface area contributed by atoms with Gasteiger partial charge in [-0.05, 0) is 38.8 Å². The van der Waals surface area contributed by atoms with Crippen molar-refractivity contribution in [3.05, 3.63) is 12.7 Å². The van der Waals surface area contributed by atoms with E-state index in [1.54, 1.807) is 0 Å². The molecule has 0 saturated carbocycles. The second-order valence-corrected chi connectivity index (χ2v) is 9.61. The molecule has 0 spiro atoms. The van der Waals surface area contributed by atoms with Crippen molar-refractivity contribution in [3.8, 4) is 0 Å². The minimum absolute atomic E-state index is 1.20. The van der Waals surface area contributed by atoms with Crippen molar-refractivity contribution < 1.29 is 0 Å². The van der Waals surface area contributed by atoms with E-state index in [0.29, 0.717) is 0 Å². The van der Waals surface area contributed by atoms with Gasteiger partial charge in [0.1, 0.15) is 0 Å². The van der Waals surface area contributed by atoms with E-state index in [2.05, 4.69) is 24.9 Å². The molecule has 0 atom stereocenters. The Balaban J connectivity index is 2.98. The summed E-state index contributed by atoms with van der Waals surface area (Å²) in [5.41, 5.74) is 0. The van der Waals surface area contributed by atoms with Crippen LogP contribution in [0.1, 0.15) is 161 Å². The molecule has 180 valence electrons. The molecule has 30 heavy (non-hydrogen) atoms. The Morgan fingerprint density at radius 1 is 0.433 bits per heavy atom. The van der Waals surface area contributed by atoms with Gasteiger partial charge in [0.2, 0.25) is 0 Å². The number of hydrogen-bond donors (Lipinski definition) is 1. The summed E-state index contributed by atoms with van der Waals surface area (Å²) in [4.78, 5) is 0. The van der Waals surface area contributed by atoms with Gasteiger partial charge < -0.3 is 5.32 Å². The molecule has 0 unspecified atom stereocenters. The molecule has 1 heteroatoms. The van der Waals surface area contributed by atoms with E-state index in [1.165, 1.54) is 167 Å². The summed E-state index contributed by atoms with van der Waals surface area (Å²) in [6.45, 7) is 8.57. The van der Waals surface area contributed by atoms with Crippen LogP contribution >= 0.6 is 0 Å². The topological polar surface area (TPSA) is 12.0 Å². The van der Waals surface area contributed by atoms with Gasteiger partial charge in [0.25, 0.3) is 0 Å². The van der Waals surface area contributed by atoms with Crippen LogP contribution in [0, 0.1) is 0 Å². The van der Waals surface area contributed by atoms with E-state index in [1.807, 2.05) is 0 Å². The molecule has 0 aliphatic rings. The van der Waals surface area contributed by atoms with Crippen LogP contribution in [0.25, 0.3) is 0 Å². The van der Waals surface area contributed by atoms with Crippen LogP contribution in [0.3, 0.4) is 0 Å². The summed E-state index contributed by atoms with van der Waals surface area (Å²) >= 11 is 0. The molecule has 0 aliphatic carbocycles. The average Bonchev–Trinajstić information content (AvgIpc) is 2.76. The van der Waals surface area contributed by atoms with E-state index in [9.17, 15) is 0 Å². The van der Waals surface area contributed by atoms with Gasteiger partial charge in [-0.3, -0.25) is 0 Å². The van der Waals surface area contributed by atoms with E-state index in [-0.39, 0.29) is 0 Å². The van der Waals surface area contributed by atoms with Gasteiger partial charge >= 0.3 is 0 Å². The molecule has 0 aliphatic heterocycles. The molecule has 0 bridgehead atoms. The van der Waals surface area contributed by atoms with Gasteiger partial charge in [-0.15, -0.1) is 6.58 Å². The fourth-order valence-electron chi connectivity index (χ4n) is 4.35. The first-order valence-electron chi connectivity index (χ1n) is 14.2. The van der Waals surface area contributed by atoms with Crippen LogP contribution in [0.4, 0.5) is 0 Å². The van der Waals surface area contributed by atoms with Crippen LogP contribution in [0.5, 0.6) is 0 Å². The van der Waals surface area contributed by atoms with E-state index in [4.69, 9.17) is 0 Å². The monoisotopic (exact) mass is 421 g/mol. The molecular weight excluding hydrogens is 362 g/mol. The third-order valence-corrected chi connectivity index (χ3v) is 6.47. The maximum atomic E-state index is 3.79. The fraction of sp³-hybridized carbons (Fsp3) is 0.931. The van der Waals surface area contributed by atoms with Crippen molar-refractivity contribution in [2.45, 2.75) is 161 Å². The zero-order valence-corrected chi connectivity index (χ0v) is 21.2. The maximum Gasteiger partial charge on any atom is -0.00489 e. The Morgan fingerprint density at radius 2 is 0.733 bits per heavy atom. The molecule has 0 amide bonds. The van der Waals surface area contributed by atoms with E-state index >= 15 is 0 Å². The first kappa shape index (κ1) is 29.7. The summed E-state index contributed by atoms with van der Waals surface area (Å²) in [6, 6.07) is 0. The van der Waals surface area contributed by atoms with Crippen molar-refractivity contribution >= 4 is 0 Å². The number of nitrogens with one attached hydrogen (secondary N) is 1. The van der Waals surface area contributed by atoms with Gasteiger partial charge in [-0.25, -0.2) is 0 Å². The quantitative estimate of drug-likeness (QED) is 0.103. The first-order valence-corrected chi connectivity index (χ1v) is 14.2. The van der Waals surface area contributed by atoms with Crippen molar-refractivity contribution in [1.29, 1.82) is 0 Å². The lowest BCUT2D eigenvalue weighted by Gasteiger charge is -2.06. The highest BCUT2D eigenvalue weighted by atomic mass is 14.8. The van der Waals surface area contributed by atoms with Crippen molar-refractivity contribution in [2.24, 2.45) is 0 Å². The molecule has 0 saturated heterocycles. The highest BCUT2D eigenvalue weighted by Gasteiger charge is 1.95. The van der Waals surface area contributed by atoms with Gasteiger partial charge in [0, 0.05) is 0 Å². The molecule has 1 N–H and O–H groups in total. The minimum Gasteiger partial charge on any atom is -0.317 e. The average molecular weight is 422 g/mol. The molecular formula is C29H59N. The van der Waals surface area contributed by atoms with Crippen molar-refractivity contribution in [3.63, 3.8) is 0 Å². The third kappa shape index (κ3) is 27.7. The SMILES string of the molecule is C=CCCCCCCCCCCCCCNCCCCCCCCCCCCCC. The highest BCUT2D eigenvalue weighted by molar-refractivity contribution is 4.65. The smallest absolute Gasteiger partial charge is 0.00489 e. The van der Waals surface area contributed by atoms with E-state index in [0.717, 1.165) is 0 Å². The minimum atomic E-state index is 1.20. The molecule has 0 radical (unpaired) electrons. The molecule has 0 aromatic rings. The van der Waals surface area contributed by atoms with Crippen LogP contribution in [-0.2, 0) is 0 Å². The second kappa shape index (κ2) is 28.7. The Kier molecular flexibility index (Phi) is 28.4. The third-order valence-electron chi connectivity index (χ3n) is 6.47. The number of unbranched alkanes of at least 4 members (excludes halogenated alkanes) is 22. The lowest BCUT2D eigenvalue weighted by Crippen LogP contribution is -2.16. The Bertz CT molecular complexity index is 299. The Morgan fingerprint density at radius 3 is 1.07 bits per heavy atom. The zero-order chi connectivity index (χ0) is 21.8. The normalized spacial score (nSPS) is 11.2. The zero-order valence-electron chi connectivity index (χ0n) is 21.2. The number of allylic oxidation sites excluding steroid dienone is 1. The summed E-state index contributed by atoms with van der Waals surface area (Å²) in [5, 5.41) is 3.65. The Labute approximate surface area is 192 Å². The number of rotatable bonds is 27. The van der Waals surface area contributed by atoms with E-state index < -0.39 is 0 Å². The van der Waals surface area contributed by atoms with Crippen LogP contribution in [0.2, 0.25) is 0 Å². The molecule has 0 fully saturated rings. The fourth-order valence-corrected chi connectivity index (χ4v) is 4.35. The highest BCUT2D eigenvalue weighted by Crippen LogP contribution is 2.13. The largest absolute Gasteiger partial charge is 0.317 e. The van der Waals surface area contributed by atoms with Gasteiger partial charge in [0.15, 0.2) is 0 Å². The first-order chi connectivity index (χ1) is 14.9. The molecule has 1 nitrogen and oxygen atoms in total. The summed E-state index contributed by atoms with van der Waals surface area (Å²) < 4.78 is 0. The molecule has 0 rings (SSSR count). The lowest BCUT2D eigenvalue weighted by molar-refractivity contribution is 0.521. The standard InChI is InChI=1S/C29H59N/c1-3-5-7-9-11-13-15-17-19-21-23-25-27-29-30-28-26-24-22-20-18-16-14-12-10-8-6-4-2/h3,30H,1,4-29H2,2H3. The van der Waals surface area contributed by atoms with Crippen molar-refractivity contribution in [2.75, 3.05) is 13.1 Å². The summed E-state index contributed by atoms with van der Waals surface area (Å²) in [6.07, 6.45) is 36.3. The summed E-state index contributed by atoms with van der Waals surface area (Å²) in [5.74, 6) is 0. The molecule has 0 heterocycles. The summed E-state index contributed by atoms with van der Waals surface area (Å²) in [7, 11) is 0. The lowest BCUT2D eigenvalue weighted by atomic mass is 10.0. The van der Waals surface area contributed by atoms with Gasteiger partial charge in [-0.2, -0.15) is 0 Å². The van der Waals surface area contributed by atoms with Crippen LogP contribution in [0.15, 0.2) is 12.7 Å².